The molecule has 0 saturated heterocycles. The van der Waals surface area contributed by atoms with Crippen LogP contribution in [0.1, 0.15) is 76.2 Å². The number of hydrogen-bond donors (Lipinski definition) is 1. The third-order valence-electron chi connectivity index (χ3n) is 9.82. The van der Waals surface area contributed by atoms with Gasteiger partial charge in [0.2, 0.25) is 0 Å². The van der Waals surface area contributed by atoms with Crippen LogP contribution in [0.3, 0.4) is 0 Å². The normalized spacial score (nSPS) is 14.8. The van der Waals surface area contributed by atoms with Crippen molar-refractivity contribution < 1.29 is 14.7 Å². The van der Waals surface area contributed by atoms with Gasteiger partial charge in [-0.3, -0.25) is 4.79 Å². The van der Waals surface area contributed by atoms with Crippen molar-refractivity contribution >= 4 is 56.8 Å². The van der Waals surface area contributed by atoms with Gasteiger partial charge in [0.1, 0.15) is 0 Å². The molecule has 1 N–H and O–H groups in total. The van der Waals surface area contributed by atoms with E-state index in [0.717, 1.165) is 18.3 Å². The first-order valence-corrected chi connectivity index (χ1v) is 15.0. The molecule has 6 aromatic carbocycles. The lowest BCUT2D eigenvalue weighted by molar-refractivity contribution is 0.0693. The van der Waals surface area contributed by atoms with E-state index in [1.807, 2.05) is 19.0 Å². The first-order chi connectivity index (χ1) is 20.5. The van der Waals surface area contributed by atoms with Gasteiger partial charge in [-0.15, -0.1) is 0 Å². The summed E-state index contributed by atoms with van der Waals surface area (Å²) in [7, 11) is 0.723. The lowest BCUT2D eigenvalue weighted by atomic mass is 9.59. The number of hydrogen-bond acceptors (Lipinski definition) is 2. The number of rotatable bonds is 4. The van der Waals surface area contributed by atoms with Crippen molar-refractivity contribution in [3.8, 4) is 0 Å². The average Bonchev–Trinajstić information content (AvgIpc) is 3.02. The fraction of sp³-hybridized carbons (Fsp3) is 0.179. The van der Waals surface area contributed by atoms with Crippen LogP contribution in [0, 0.1) is 0 Å². The summed E-state index contributed by atoms with van der Waals surface area (Å²) >= 11 is 0. The van der Waals surface area contributed by atoms with E-state index in [1.165, 1.54) is 49.0 Å². The predicted octanol–water partition coefficient (Wildman–Crippen LogP) is 8.15. The topological polar surface area (TPSA) is 54.4 Å². The first-order valence-electron chi connectivity index (χ1n) is 15.0. The van der Waals surface area contributed by atoms with Gasteiger partial charge < -0.3 is 5.11 Å². The Labute approximate surface area is 252 Å². The summed E-state index contributed by atoms with van der Waals surface area (Å²) in [5.74, 6) is -1.35. The number of carboxylic acids is 1. The van der Waals surface area contributed by atoms with Crippen molar-refractivity contribution in [2.45, 2.75) is 45.3 Å². The monoisotopic (exact) mass is 560 g/mol. The third kappa shape index (κ3) is 3.89. The highest BCUT2D eigenvalue weighted by Gasteiger charge is 2.42. The number of carboxylic acid groups (broad SMARTS) is 1. The summed E-state index contributed by atoms with van der Waals surface area (Å²) in [4.78, 5) is 26.0. The van der Waals surface area contributed by atoms with E-state index in [0.29, 0.717) is 5.56 Å². The molecule has 0 aromatic heterocycles. The summed E-state index contributed by atoms with van der Waals surface area (Å²) in [5, 5.41) is 17.3. The Kier molecular flexibility index (Phi) is 5.94. The molecule has 1 aliphatic carbocycles. The van der Waals surface area contributed by atoms with Crippen molar-refractivity contribution in [2.24, 2.45) is 0 Å². The fourth-order valence-corrected chi connectivity index (χ4v) is 7.36. The molecule has 0 saturated carbocycles. The van der Waals surface area contributed by atoms with Crippen LogP contribution in [0.2, 0.25) is 6.82 Å². The molecule has 4 heteroatoms. The Morgan fingerprint density at radius 2 is 1.05 bits per heavy atom. The van der Waals surface area contributed by atoms with Crippen LogP contribution in [-0.2, 0) is 10.8 Å². The molecule has 0 fully saturated rings. The minimum absolute atomic E-state index is 0.0374. The number of aromatic carboxylic acids is 1. The van der Waals surface area contributed by atoms with Crippen LogP contribution in [0.25, 0.3) is 32.3 Å². The van der Waals surface area contributed by atoms with Crippen LogP contribution in [0.4, 0.5) is 0 Å². The maximum absolute atomic E-state index is 13.9. The quantitative estimate of drug-likeness (QED) is 0.135. The van der Waals surface area contributed by atoms with Gasteiger partial charge in [0.15, 0.2) is 13.1 Å². The Morgan fingerprint density at radius 3 is 1.56 bits per heavy atom. The Hall–Kier alpha value is -4.70. The number of ketones is 1. The maximum Gasteiger partial charge on any atom is 0.336 e. The Balaban J connectivity index is 1.47. The predicted molar refractivity (Wildman–Crippen MR) is 179 cm³/mol. The molecular formula is C39H33BO3. The molecule has 43 heavy (non-hydrogen) atoms. The van der Waals surface area contributed by atoms with Gasteiger partial charge >= 0.3 is 5.97 Å². The molecule has 3 nitrogen and oxygen atoms in total. The molecule has 0 heterocycles. The highest BCUT2D eigenvalue weighted by Crippen LogP contribution is 2.52. The molecule has 0 amide bonds. The van der Waals surface area contributed by atoms with Gasteiger partial charge in [-0.25, -0.2) is 4.79 Å². The van der Waals surface area contributed by atoms with Crippen molar-refractivity contribution in [1.29, 1.82) is 0 Å². The van der Waals surface area contributed by atoms with Gasteiger partial charge in [-0.05, 0) is 78.8 Å². The van der Waals surface area contributed by atoms with E-state index >= 15 is 0 Å². The number of carbonyl (C=O) groups excluding carboxylic acids is 1. The van der Waals surface area contributed by atoms with Crippen molar-refractivity contribution in [2.75, 3.05) is 0 Å². The smallest absolute Gasteiger partial charge is 0.336 e. The van der Waals surface area contributed by atoms with Crippen molar-refractivity contribution in [1.82, 2.24) is 0 Å². The molecule has 6 aromatic rings. The second-order valence-corrected chi connectivity index (χ2v) is 12.9. The Bertz CT molecular complexity index is 2170. The molecule has 0 aliphatic heterocycles. The molecule has 0 unspecified atom stereocenters. The molecule has 0 radical (unpaired) electrons. The van der Waals surface area contributed by atoms with E-state index in [9.17, 15) is 14.7 Å². The largest absolute Gasteiger partial charge is 0.478 e. The van der Waals surface area contributed by atoms with Gasteiger partial charge in [0, 0.05) is 22.0 Å². The number of benzene rings is 6. The highest BCUT2D eigenvalue weighted by atomic mass is 16.4. The van der Waals surface area contributed by atoms with Crippen LogP contribution < -0.4 is 5.46 Å². The lowest BCUT2D eigenvalue weighted by Crippen LogP contribution is -2.36. The van der Waals surface area contributed by atoms with Gasteiger partial charge in [-0.2, -0.15) is 0 Å². The summed E-state index contributed by atoms with van der Waals surface area (Å²) < 4.78 is 0. The molecule has 0 spiro atoms. The van der Waals surface area contributed by atoms with Crippen molar-refractivity contribution in [3.05, 3.63) is 136 Å². The van der Waals surface area contributed by atoms with E-state index in [-0.39, 0.29) is 22.3 Å². The maximum atomic E-state index is 13.9. The zero-order valence-electron chi connectivity index (χ0n) is 25.2. The van der Waals surface area contributed by atoms with Crippen molar-refractivity contribution in [3.63, 3.8) is 0 Å². The zero-order valence-corrected chi connectivity index (χ0v) is 25.2. The summed E-state index contributed by atoms with van der Waals surface area (Å²) in [6.45, 7) is 11.0. The zero-order chi connectivity index (χ0) is 30.3. The second kappa shape index (κ2) is 9.41. The third-order valence-corrected chi connectivity index (χ3v) is 9.82. The average molecular weight is 561 g/mol. The Morgan fingerprint density at radius 1 is 0.558 bits per heavy atom. The summed E-state index contributed by atoms with van der Waals surface area (Å²) in [5.41, 5.74) is 5.86. The van der Waals surface area contributed by atoms with Crippen LogP contribution in [0.5, 0.6) is 0 Å². The minimum Gasteiger partial charge on any atom is -0.478 e. The SMILES string of the molecule is CBc1ccc(C(=O)O)c(C(=O)c2ccc3c(c2)C(C)(C)c2cc4c5ccccc5c5ccccc5c4cc2C3(C)C)c1. The van der Waals surface area contributed by atoms with Crippen LogP contribution >= 0.6 is 0 Å². The molecule has 7 rings (SSSR count). The standard InChI is InChI=1S/C39H33BO3/c1-38(2)32-17-14-22(36(41)31-19-23(40-5)15-16-28(31)37(42)43)18-33(32)39(3,4)35-21-30-27-13-9-7-11-25(27)24-10-6-8-12-26(24)29(30)20-34(35)38/h6-21,40H,1-5H3,(H,42,43). The van der Waals surface area contributed by atoms with E-state index < -0.39 is 11.4 Å². The second-order valence-electron chi connectivity index (χ2n) is 12.9. The molecule has 210 valence electrons. The van der Waals surface area contributed by atoms with Gasteiger partial charge in [0.05, 0.1) is 5.56 Å². The molecule has 0 atom stereocenters. The number of fused-ring (bicyclic) bond motifs is 8. The molecule has 1 aliphatic rings. The van der Waals surface area contributed by atoms with E-state index in [1.54, 1.807) is 18.2 Å². The van der Waals surface area contributed by atoms with Crippen LogP contribution in [-0.4, -0.2) is 24.1 Å². The van der Waals surface area contributed by atoms with E-state index in [4.69, 9.17) is 0 Å². The number of carbonyl (C=O) groups is 2. The van der Waals surface area contributed by atoms with E-state index in [2.05, 4.69) is 94.4 Å². The highest BCUT2D eigenvalue weighted by molar-refractivity contribution is 6.52. The van der Waals surface area contributed by atoms with Gasteiger partial charge in [-0.1, -0.05) is 113 Å². The first kappa shape index (κ1) is 27.2. The molecule has 0 bridgehead atoms. The minimum atomic E-state index is -1.09. The molecular weight excluding hydrogens is 527 g/mol. The fourth-order valence-electron chi connectivity index (χ4n) is 7.36. The van der Waals surface area contributed by atoms with Crippen LogP contribution in [0.15, 0.2) is 97.1 Å². The lowest BCUT2D eigenvalue weighted by Gasteiger charge is -2.44. The summed E-state index contributed by atoms with van der Waals surface area (Å²) in [6, 6.07) is 33.1. The summed E-state index contributed by atoms with van der Waals surface area (Å²) in [6.07, 6.45) is 0. The van der Waals surface area contributed by atoms with Gasteiger partial charge in [0.25, 0.3) is 0 Å².